The van der Waals surface area contributed by atoms with E-state index in [1.54, 1.807) is 5.57 Å². The minimum absolute atomic E-state index is 0.400. The molecule has 1 aliphatic heterocycles. The van der Waals surface area contributed by atoms with Crippen molar-refractivity contribution in [2.45, 2.75) is 53.0 Å². The average molecular weight is 319 g/mol. The van der Waals surface area contributed by atoms with E-state index in [9.17, 15) is 0 Å². The number of hydrogen-bond acceptors (Lipinski definition) is 1. The molecular formula is C23H29N. The van der Waals surface area contributed by atoms with Gasteiger partial charge in [0.05, 0.1) is 6.04 Å². The maximum absolute atomic E-state index is 4.39. The van der Waals surface area contributed by atoms with Crippen LogP contribution in [0.4, 0.5) is 5.69 Å². The first-order chi connectivity index (χ1) is 11.7. The average Bonchev–Trinajstić information content (AvgIpc) is 2.62. The number of fused-ring (bicyclic) bond motifs is 4. The van der Waals surface area contributed by atoms with Gasteiger partial charge in [0.2, 0.25) is 0 Å². The van der Waals surface area contributed by atoms with Crippen LogP contribution in [0.25, 0.3) is 16.3 Å². The van der Waals surface area contributed by atoms with Crippen LogP contribution in [0, 0.1) is 5.92 Å². The Morgan fingerprint density at radius 3 is 2.54 bits per heavy atom. The van der Waals surface area contributed by atoms with Crippen molar-refractivity contribution in [3.8, 4) is 0 Å². The molecule has 1 heterocycles. The molecule has 1 aliphatic carbocycles. The summed E-state index contributed by atoms with van der Waals surface area (Å²) in [7, 11) is 0. The van der Waals surface area contributed by atoms with E-state index in [1.165, 1.54) is 46.0 Å². The number of benzene rings is 2. The lowest BCUT2D eigenvalue weighted by Crippen LogP contribution is -2.34. The molecule has 1 unspecified atom stereocenters. The van der Waals surface area contributed by atoms with Crippen molar-refractivity contribution in [1.82, 2.24) is 0 Å². The molecular weight excluding hydrogens is 290 g/mol. The molecule has 0 bridgehead atoms. The second kappa shape index (κ2) is 6.84. The van der Waals surface area contributed by atoms with Crippen molar-refractivity contribution in [2.24, 2.45) is 5.92 Å². The number of rotatable bonds is 1. The van der Waals surface area contributed by atoms with Gasteiger partial charge < -0.3 is 5.32 Å². The van der Waals surface area contributed by atoms with Crippen molar-refractivity contribution in [2.75, 3.05) is 5.32 Å². The highest BCUT2D eigenvalue weighted by atomic mass is 14.9. The summed E-state index contributed by atoms with van der Waals surface area (Å²) < 4.78 is 0. The van der Waals surface area contributed by atoms with Crippen LogP contribution in [0.1, 0.15) is 52.5 Å². The van der Waals surface area contributed by atoms with E-state index in [-0.39, 0.29) is 0 Å². The van der Waals surface area contributed by atoms with E-state index < -0.39 is 0 Å². The summed E-state index contributed by atoms with van der Waals surface area (Å²) in [5.74, 6) is 0.569. The first-order valence-electron chi connectivity index (χ1n) is 9.36. The highest BCUT2D eigenvalue weighted by Gasteiger charge is 2.32. The minimum atomic E-state index is 0.400. The van der Waals surface area contributed by atoms with Gasteiger partial charge in [0.1, 0.15) is 0 Å². The Hall–Kier alpha value is -2.02. The van der Waals surface area contributed by atoms with Crippen molar-refractivity contribution in [3.05, 3.63) is 59.7 Å². The molecule has 0 aromatic heterocycles. The summed E-state index contributed by atoms with van der Waals surface area (Å²) in [6, 6.07) is 13.6. The van der Waals surface area contributed by atoms with Gasteiger partial charge in [0.25, 0.3) is 0 Å². The Bertz CT molecular complexity index is 795. The highest BCUT2D eigenvalue weighted by Crippen LogP contribution is 2.47. The largest absolute Gasteiger partial charge is 0.377 e. The third-order valence-corrected chi connectivity index (χ3v) is 5.13. The van der Waals surface area contributed by atoms with Gasteiger partial charge >= 0.3 is 0 Å². The van der Waals surface area contributed by atoms with Crippen LogP contribution in [0.3, 0.4) is 0 Å². The van der Waals surface area contributed by atoms with Gasteiger partial charge in [-0.1, -0.05) is 64.6 Å². The molecule has 24 heavy (non-hydrogen) atoms. The quantitative estimate of drug-likeness (QED) is 0.608. The number of nitrogens with one attached hydrogen (secondary N) is 1. The smallest absolute Gasteiger partial charge is 0.0542 e. The lowest BCUT2D eigenvalue weighted by atomic mass is 9.74. The fourth-order valence-electron chi connectivity index (χ4n) is 4.09. The van der Waals surface area contributed by atoms with Gasteiger partial charge in [-0.3, -0.25) is 0 Å². The van der Waals surface area contributed by atoms with Gasteiger partial charge in [-0.05, 0) is 58.7 Å². The molecule has 1 atom stereocenters. The van der Waals surface area contributed by atoms with Gasteiger partial charge in [-0.15, -0.1) is 0 Å². The number of allylic oxidation sites excluding steroid dienone is 1. The van der Waals surface area contributed by atoms with E-state index in [0.29, 0.717) is 12.0 Å². The van der Waals surface area contributed by atoms with E-state index in [2.05, 4.69) is 62.1 Å². The van der Waals surface area contributed by atoms with Gasteiger partial charge in [-0.25, -0.2) is 0 Å². The van der Waals surface area contributed by atoms with Crippen molar-refractivity contribution in [3.63, 3.8) is 0 Å². The van der Waals surface area contributed by atoms with Crippen LogP contribution in [0.2, 0.25) is 0 Å². The summed E-state index contributed by atoms with van der Waals surface area (Å²) in [6.07, 6.45) is 3.55. The Labute approximate surface area is 146 Å². The minimum Gasteiger partial charge on any atom is -0.377 e. The molecule has 0 fully saturated rings. The molecule has 0 radical (unpaired) electrons. The third-order valence-electron chi connectivity index (χ3n) is 5.13. The third kappa shape index (κ3) is 2.66. The normalized spacial score (nSPS) is 19.4. The Balaban J connectivity index is 0.000000815. The molecule has 4 rings (SSSR count). The molecule has 1 nitrogen and oxygen atoms in total. The molecule has 2 aromatic carbocycles. The maximum Gasteiger partial charge on any atom is 0.0542 e. The molecule has 0 saturated heterocycles. The summed E-state index contributed by atoms with van der Waals surface area (Å²) in [5.41, 5.74) is 7.09. The van der Waals surface area contributed by atoms with Crippen molar-refractivity contribution in [1.29, 1.82) is 0 Å². The summed E-state index contributed by atoms with van der Waals surface area (Å²) in [4.78, 5) is 0. The molecule has 126 valence electrons. The highest BCUT2D eigenvalue weighted by molar-refractivity contribution is 6.02. The van der Waals surface area contributed by atoms with E-state index >= 15 is 0 Å². The molecule has 1 N–H and O–H groups in total. The SMILES string of the molecule is C=C1CCCC2=C1C(C(C)C)Nc1ccc3ccccc3c12.CC. The van der Waals surface area contributed by atoms with E-state index in [0.717, 1.165) is 6.42 Å². The molecule has 0 spiro atoms. The second-order valence-electron chi connectivity index (χ2n) is 6.92. The van der Waals surface area contributed by atoms with Crippen LogP contribution in [0.5, 0.6) is 0 Å². The fourth-order valence-corrected chi connectivity index (χ4v) is 4.09. The zero-order valence-electron chi connectivity index (χ0n) is 15.4. The number of anilines is 1. The van der Waals surface area contributed by atoms with Crippen molar-refractivity contribution >= 4 is 22.0 Å². The van der Waals surface area contributed by atoms with Crippen LogP contribution in [-0.4, -0.2) is 6.04 Å². The first-order valence-corrected chi connectivity index (χ1v) is 9.36. The fraction of sp³-hybridized carbons (Fsp3) is 0.391. The predicted molar refractivity (Wildman–Crippen MR) is 107 cm³/mol. The molecule has 2 aliphatic rings. The lowest BCUT2D eigenvalue weighted by Gasteiger charge is -2.38. The number of hydrogen-bond donors (Lipinski definition) is 1. The zero-order chi connectivity index (χ0) is 17.3. The topological polar surface area (TPSA) is 12.0 Å². The van der Waals surface area contributed by atoms with Crippen LogP contribution < -0.4 is 5.32 Å². The summed E-state index contributed by atoms with van der Waals surface area (Å²) >= 11 is 0. The van der Waals surface area contributed by atoms with E-state index in [4.69, 9.17) is 0 Å². The summed E-state index contributed by atoms with van der Waals surface area (Å²) in [5, 5.41) is 6.50. The van der Waals surface area contributed by atoms with E-state index in [1.807, 2.05) is 13.8 Å². The second-order valence-corrected chi connectivity index (χ2v) is 6.92. The molecule has 1 heteroatoms. The Morgan fingerprint density at radius 1 is 1.04 bits per heavy atom. The van der Waals surface area contributed by atoms with Gasteiger partial charge in [0.15, 0.2) is 0 Å². The van der Waals surface area contributed by atoms with Crippen molar-refractivity contribution < 1.29 is 0 Å². The van der Waals surface area contributed by atoms with Gasteiger partial charge in [0, 0.05) is 11.3 Å². The maximum atomic E-state index is 4.39. The Kier molecular flexibility index (Phi) is 4.80. The van der Waals surface area contributed by atoms with Gasteiger partial charge in [-0.2, -0.15) is 0 Å². The zero-order valence-corrected chi connectivity index (χ0v) is 15.4. The monoisotopic (exact) mass is 319 g/mol. The van der Waals surface area contributed by atoms with Crippen LogP contribution in [0.15, 0.2) is 54.1 Å². The van der Waals surface area contributed by atoms with Crippen LogP contribution >= 0.6 is 0 Å². The first kappa shape index (κ1) is 16.8. The summed E-state index contributed by atoms with van der Waals surface area (Å²) in [6.45, 7) is 13.0. The molecule has 2 aromatic rings. The predicted octanol–water partition coefficient (Wildman–Crippen LogP) is 6.81. The Morgan fingerprint density at radius 2 is 1.79 bits per heavy atom. The van der Waals surface area contributed by atoms with Crippen LogP contribution in [-0.2, 0) is 0 Å². The molecule has 0 amide bonds. The molecule has 0 saturated carbocycles. The lowest BCUT2D eigenvalue weighted by molar-refractivity contribution is 0.569. The standard InChI is InChI=1S/C21H23N.C2H6/c1-13(2)21-19-14(3)7-6-10-17(19)20-16-9-5-4-8-15(16)11-12-18(20)22-21;1-2/h4-5,8-9,11-13,21-22H,3,6-7,10H2,1-2H3;1-2H3.